The number of methoxy groups -OCH3 is 1. The maximum absolute atomic E-state index is 11.3. The summed E-state index contributed by atoms with van der Waals surface area (Å²) >= 11 is 0. The summed E-state index contributed by atoms with van der Waals surface area (Å²) in [7, 11) is 1.62. The smallest absolute Gasteiger partial charge is 0.330 e. The maximum Gasteiger partial charge on any atom is 0.330 e. The van der Waals surface area contributed by atoms with Crippen LogP contribution in [0.3, 0.4) is 0 Å². The minimum Gasteiger partial charge on any atom is -0.497 e. The molecule has 2 rings (SSSR count). The number of rotatable bonds is 4. The van der Waals surface area contributed by atoms with Gasteiger partial charge in [-0.3, -0.25) is 4.98 Å². The molecule has 19 heavy (non-hydrogen) atoms. The Morgan fingerprint density at radius 2 is 2.21 bits per heavy atom. The van der Waals surface area contributed by atoms with Crippen molar-refractivity contribution in [3.05, 3.63) is 42.1 Å². The van der Waals surface area contributed by atoms with E-state index >= 15 is 0 Å². The molecule has 4 heteroatoms. The van der Waals surface area contributed by atoms with Crippen molar-refractivity contribution in [3.63, 3.8) is 0 Å². The summed E-state index contributed by atoms with van der Waals surface area (Å²) in [6.07, 6.45) is 4.85. The van der Waals surface area contributed by atoms with Crippen LogP contribution in [-0.4, -0.2) is 24.7 Å². The van der Waals surface area contributed by atoms with E-state index in [9.17, 15) is 4.79 Å². The largest absolute Gasteiger partial charge is 0.497 e. The molecule has 0 aliphatic heterocycles. The number of esters is 1. The number of benzene rings is 1. The van der Waals surface area contributed by atoms with Crippen molar-refractivity contribution >= 4 is 22.9 Å². The number of fused-ring (bicyclic) bond motifs is 1. The van der Waals surface area contributed by atoms with Crippen molar-refractivity contribution < 1.29 is 14.3 Å². The van der Waals surface area contributed by atoms with Gasteiger partial charge in [-0.05, 0) is 42.8 Å². The van der Waals surface area contributed by atoms with E-state index in [4.69, 9.17) is 9.47 Å². The predicted molar refractivity (Wildman–Crippen MR) is 74.0 cm³/mol. The number of hydrogen-bond donors (Lipinski definition) is 0. The third-order valence-electron chi connectivity index (χ3n) is 2.67. The minimum atomic E-state index is -0.352. The lowest BCUT2D eigenvalue weighted by Crippen LogP contribution is -1.98. The molecule has 0 saturated heterocycles. The molecule has 98 valence electrons. The van der Waals surface area contributed by atoms with Gasteiger partial charge in [0, 0.05) is 17.7 Å². The van der Waals surface area contributed by atoms with Crippen molar-refractivity contribution in [2.75, 3.05) is 13.7 Å². The number of ether oxygens (including phenoxy) is 2. The lowest BCUT2D eigenvalue weighted by molar-refractivity contribution is -0.137. The molecule has 0 atom stereocenters. The number of carbonyl (C=O) groups excluding carboxylic acids is 1. The van der Waals surface area contributed by atoms with E-state index in [1.54, 1.807) is 26.3 Å². The van der Waals surface area contributed by atoms with Crippen LogP contribution in [0.1, 0.15) is 12.5 Å². The molecule has 0 bridgehead atoms. The molecule has 0 aliphatic carbocycles. The molecule has 0 unspecified atom stereocenters. The first-order valence-electron chi connectivity index (χ1n) is 6.02. The molecular weight excluding hydrogens is 242 g/mol. The van der Waals surface area contributed by atoms with E-state index in [1.165, 1.54) is 6.08 Å². The highest BCUT2D eigenvalue weighted by Gasteiger charge is 2.02. The maximum atomic E-state index is 11.3. The van der Waals surface area contributed by atoms with Gasteiger partial charge in [0.25, 0.3) is 0 Å². The monoisotopic (exact) mass is 257 g/mol. The van der Waals surface area contributed by atoms with Crippen LogP contribution in [0.25, 0.3) is 17.0 Å². The van der Waals surface area contributed by atoms with E-state index in [1.807, 2.05) is 24.3 Å². The molecule has 2 aromatic rings. The second-order valence-corrected chi connectivity index (χ2v) is 3.87. The van der Waals surface area contributed by atoms with Crippen molar-refractivity contribution in [2.24, 2.45) is 0 Å². The van der Waals surface area contributed by atoms with Crippen molar-refractivity contribution in [1.29, 1.82) is 0 Å². The van der Waals surface area contributed by atoms with Crippen LogP contribution < -0.4 is 4.74 Å². The molecule has 1 heterocycles. The van der Waals surface area contributed by atoms with Crippen LogP contribution in [-0.2, 0) is 9.53 Å². The minimum absolute atomic E-state index is 0.352. The number of nitrogens with zero attached hydrogens (tertiary/aromatic N) is 1. The summed E-state index contributed by atoms with van der Waals surface area (Å²) in [5.41, 5.74) is 1.75. The van der Waals surface area contributed by atoms with Crippen LogP contribution >= 0.6 is 0 Å². The zero-order chi connectivity index (χ0) is 13.7. The molecule has 0 N–H and O–H groups in total. The topological polar surface area (TPSA) is 48.4 Å². The fourth-order valence-electron chi connectivity index (χ4n) is 1.77. The Kier molecular flexibility index (Phi) is 4.13. The first kappa shape index (κ1) is 13.1. The average Bonchev–Trinajstić information content (AvgIpc) is 2.44. The van der Waals surface area contributed by atoms with Gasteiger partial charge in [0.1, 0.15) is 5.75 Å². The Balaban J connectivity index is 2.39. The van der Waals surface area contributed by atoms with Crippen molar-refractivity contribution in [2.45, 2.75) is 6.92 Å². The van der Waals surface area contributed by atoms with Gasteiger partial charge < -0.3 is 9.47 Å². The predicted octanol–water partition coefficient (Wildman–Crippen LogP) is 2.82. The van der Waals surface area contributed by atoms with Gasteiger partial charge in [-0.2, -0.15) is 0 Å². The van der Waals surface area contributed by atoms with Gasteiger partial charge in [0.05, 0.1) is 19.2 Å². The van der Waals surface area contributed by atoms with Gasteiger partial charge in [-0.25, -0.2) is 4.79 Å². The van der Waals surface area contributed by atoms with Crippen molar-refractivity contribution in [1.82, 2.24) is 4.98 Å². The highest BCUT2D eigenvalue weighted by atomic mass is 16.5. The zero-order valence-corrected chi connectivity index (χ0v) is 10.9. The first-order valence-corrected chi connectivity index (χ1v) is 6.02. The molecule has 1 aromatic heterocycles. The van der Waals surface area contributed by atoms with E-state index < -0.39 is 0 Å². The zero-order valence-electron chi connectivity index (χ0n) is 10.9. The number of carbonyl (C=O) groups is 1. The van der Waals surface area contributed by atoms with Gasteiger partial charge in [0.2, 0.25) is 0 Å². The van der Waals surface area contributed by atoms with E-state index in [0.29, 0.717) is 6.61 Å². The Bertz CT molecular complexity index is 620. The van der Waals surface area contributed by atoms with Crippen LogP contribution in [0.2, 0.25) is 0 Å². The normalized spacial score (nSPS) is 10.8. The molecule has 0 radical (unpaired) electrons. The molecule has 0 saturated carbocycles. The van der Waals surface area contributed by atoms with Crippen LogP contribution in [0.15, 0.2) is 36.5 Å². The summed E-state index contributed by atoms with van der Waals surface area (Å²) in [4.78, 5) is 15.6. The molecule has 0 amide bonds. The highest BCUT2D eigenvalue weighted by molar-refractivity contribution is 5.93. The van der Waals surface area contributed by atoms with Crippen LogP contribution in [0, 0.1) is 0 Å². The third kappa shape index (κ3) is 3.10. The summed E-state index contributed by atoms with van der Waals surface area (Å²) in [5.74, 6) is 0.404. The standard InChI is InChI=1S/C15H15NO3/c1-3-19-15(17)7-4-11-8-9-16-14-6-5-12(18-2)10-13(11)14/h4-10H,3H2,1-2H3/b7-4+. The third-order valence-corrected chi connectivity index (χ3v) is 2.67. The molecule has 0 aliphatic rings. The molecule has 0 spiro atoms. The SMILES string of the molecule is CCOC(=O)/C=C/c1ccnc2ccc(OC)cc12. The first-order chi connectivity index (χ1) is 9.24. The summed E-state index contributed by atoms with van der Waals surface area (Å²) in [6.45, 7) is 2.15. The van der Waals surface area contributed by atoms with Crippen molar-refractivity contribution in [3.8, 4) is 5.75 Å². The molecule has 1 aromatic carbocycles. The quantitative estimate of drug-likeness (QED) is 0.624. The second-order valence-electron chi connectivity index (χ2n) is 3.87. The van der Waals surface area contributed by atoms with Gasteiger partial charge >= 0.3 is 5.97 Å². The van der Waals surface area contributed by atoms with E-state index in [0.717, 1.165) is 22.2 Å². The molecule has 0 fully saturated rings. The van der Waals surface area contributed by atoms with E-state index in [2.05, 4.69) is 4.98 Å². The fourth-order valence-corrected chi connectivity index (χ4v) is 1.77. The highest BCUT2D eigenvalue weighted by Crippen LogP contribution is 2.23. The lowest BCUT2D eigenvalue weighted by atomic mass is 10.1. The Hall–Kier alpha value is -2.36. The number of pyridine rings is 1. The second kappa shape index (κ2) is 6.00. The molecular formula is C15H15NO3. The van der Waals surface area contributed by atoms with Crippen LogP contribution in [0.4, 0.5) is 0 Å². The number of aromatic nitrogens is 1. The van der Waals surface area contributed by atoms with Gasteiger partial charge in [-0.1, -0.05) is 0 Å². The summed E-state index contributed by atoms with van der Waals surface area (Å²) in [6, 6.07) is 7.48. The fraction of sp³-hybridized carbons (Fsp3) is 0.200. The van der Waals surface area contributed by atoms with E-state index in [-0.39, 0.29) is 5.97 Å². The lowest BCUT2D eigenvalue weighted by Gasteiger charge is -2.04. The average molecular weight is 257 g/mol. The summed E-state index contributed by atoms with van der Waals surface area (Å²) in [5, 5.41) is 0.933. The summed E-state index contributed by atoms with van der Waals surface area (Å²) < 4.78 is 10.1. The Morgan fingerprint density at radius 1 is 1.37 bits per heavy atom. The number of hydrogen-bond acceptors (Lipinski definition) is 4. The van der Waals surface area contributed by atoms with Gasteiger partial charge in [0.15, 0.2) is 0 Å². The van der Waals surface area contributed by atoms with Gasteiger partial charge in [-0.15, -0.1) is 0 Å². The Morgan fingerprint density at radius 3 is 2.95 bits per heavy atom. The molecule has 4 nitrogen and oxygen atoms in total. The Labute approximate surface area is 111 Å². The van der Waals surface area contributed by atoms with Crippen LogP contribution in [0.5, 0.6) is 5.75 Å².